The quantitative estimate of drug-likeness (QED) is 0.891. The molecule has 1 fully saturated rings. The van der Waals surface area contributed by atoms with Crippen LogP contribution in [0.15, 0.2) is 24.3 Å². The van der Waals surface area contributed by atoms with E-state index in [1.54, 1.807) is 29.2 Å². The summed E-state index contributed by atoms with van der Waals surface area (Å²) in [4.78, 5) is 37.8. The largest absolute Gasteiger partial charge is 0.481 e. The zero-order chi connectivity index (χ0) is 17.3. The van der Waals surface area contributed by atoms with Gasteiger partial charge in [0.1, 0.15) is 6.54 Å². The average molecular weight is 330 g/mol. The van der Waals surface area contributed by atoms with Crippen molar-refractivity contribution in [3.05, 3.63) is 29.8 Å². The molecule has 0 aromatic heterocycles. The number of anilines is 1. The first kappa shape index (κ1) is 16.5. The van der Waals surface area contributed by atoms with Crippen LogP contribution in [0, 0.1) is 11.8 Å². The molecule has 6 heteroatoms. The normalized spacial score (nSPS) is 25.5. The number of amides is 2. The van der Waals surface area contributed by atoms with Crippen LogP contribution in [-0.4, -0.2) is 40.4 Å². The minimum absolute atomic E-state index is 0.0353. The number of rotatable bonds is 3. The van der Waals surface area contributed by atoms with Crippen LogP contribution in [-0.2, 0) is 9.59 Å². The van der Waals surface area contributed by atoms with Crippen molar-refractivity contribution >= 4 is 23.5 Å². The molecule has 24 heavy (non-hydrogen) atoms. The summed E-state index contributed by atoms with van der Waals surface area (Å²) in [7, 11) is 0. The van der Waals surface area contributed by atoms with Crippen LogP contribution in [0.1, 0.15) is 43.0 Å². The van der Waals surface area contributed by atoms with Gasteiger partial charge in [-0.3, -0.25) is 14.4 Å². The zero-order valence-electron chi connectivity index (χ0n) is 13.7. The van der Waals surface area contributed by atoms with Crippen LogP contribution in [0.25, 0.3) is 0 Å². The molecule has 0 radical (unpaired) electrons. The molecule has 1 aliphatic heterocycles. The van der Waals surface area contributed by atoms with Crippen LogP contribution in [0.4, 0.5) is 5.69 Å². The van der Waals surface area contributed by atoms with E-state index in [2.05, 4.69) is 5.32 Å². The fourth-order valence-corrected chi connectivity index (χ4v) is 3.78. The summed E-state index contributed by atoms with van der Waals surface area (Å²) in [5.74, 6) is -1.13. The van der Waals surface area contributed by atoms with Crippen LogP contribution in [0.2, 0.25) is 0 Å². The third-order valence-electron chi connectivity index (χ3n) is 5.30. The molecule has 1 atom stereocenters. The third kappa shape index (κ3) is 3.13. The highest BCUT2D eigenvalue weighted by atomic mass is 16.4. The van der Waals surface area contributed by atoms with E-state index in [-0.39, 0.29) is 36.2 Å². The third-order valence-corrected chi connectivity index (χ3v) is 5.30. The van der Waals surface area contributed by atoms with Crippen molar-refractivity contribution < 1.29 is 19.5 Å². The number of hydrogen-bond acceptors (Lipinski definition) is 3. The van der Waals surface area contributed by atoms with E-state index in [9.17, 15) is 14.4 Å². The summed E-state index contributed by atoms with van der Waals surface area (Å²) in [5.41, 5.74) is 1.06. The summed E-state index contributed by atoms with van der Waals surface area (Å²) in [6, 6.07) is 6.94. The Morgan fingerprint density at radius 1 is 1.21 bits per heavy atom. The summed E-state index contributed by atoms with van der Waals surface area (Å²) in [6.45, 7) is 2.00. The maximum Gasteiger partial charge on any atom is 0.306 e. The molecular weight excluding hydrogens is 308 g/mol. The topological polar surface area (TPSA) is 86.7 Å². The molecule has 1 unspecified atom stereocenters. The molecule has 1 saturated carbocycles. The molecule has 2 amide bonds. The highest BCUT2D eigenvalue weighted by Gasteiger charge is 2.35. The van der Waals surface area contributed by atoms with Crippen LogP contribution in [0.5, 0.6) is 0 Å². The van der Waals surface area contributed by atoms with Crippen LogP contribution in [0.3, 0.4) is 0 Å². The second-order valence-corrected chi connectivity index (χ2v) is 6.72. The molecule has 0 saturated heterocycles. The number of carboxylic acid groups (broad SMARTS) is 1. The summed E-state index contributed by atoms with van der Waals surface area (Å²) in [5, 5.41) is 11.9. The van der Waals surface area contributed by atoms with Gasteiger partial charge in [0.2, 0.25) is 5.91 Å². The Hall–Kier alpha value is -2.37. The monoisotopic (exact) mass is 330 g/mol. The van der Waals surface area contributed by atoms with Crippen molar-refractivity contribution in [3.63, 3.8) is 0 Å². The molecule has 1 aliphatic carbocycles. The minimum atomic E-state index is -0.736. The number of carbonyl (C=O) groups is 3. The lowest BCUT2D eigenvalue weighted by Gasteiger charge is -2.36. The number of aliphatic carboxylic acids is 1. The van der Waals surface area contributed by atoms with E-state index in [4.69, 9.17) is 5.11 Å². The van der Waals surface area contributed by atoms with Crippen molar-refractivity contribution in [2.24, 2.45) is 11.8 Å². The zero-order valence-corrected chi connectivity index (χ0v) is 13.7. The molecule has 3 rings (SSSR count). The van der Waals surface area contributed by atoms with Gasteiger partial charge in [-0.05, 0) is 50.7 Å². The van der Waals surface area contributed by atoms with E-state index in [0.717, 1.165) is 12.8 Å². The number of fused-ring (bicyclic) bond motifs is 1. The second-order valence-electron chi connectivity index (χ2n) is 6.72. The predicted octanol–water partition coefficient (Wildman–Crippen LogP) is 2.36. The van der Waals surface area contributed by atoms with Crippen LogP contribution < -0.4 is 5.32 Å². The molecule has 128 valence electrons. The lowest BCUT2D eigenvalue weighted by molar-refractivity contribution is -0.143. The fraction of sp³-hybridized carbons (Fsp3) is 0.500. The van der Waals surface area contributed by atoms with E-state index < -0.39 is 5.97 Å². The molecule has 0 spiro atoms. The first-order valence-corrected chi connectivity index (χ1v) is 8.40. The molecule has 1 aromatic carbocycles. The van der Waals surface area contributed by atoms with Gasteiger partial charge in [0.05, 0.1) is 17.2 Å². The Morgan fingerprint density at radius 3 is 2.54 bits per heavy atom. The number of hydrogen-bond donors (Lipinski definition) is 2. The second kappa shape index (κ2) is 6.63. The molecular formula is C18H22N2O4. The minimum Gasteiger partial charge on any atom is -0.481 e. The highest BCUT2D eigenvalue weighted by molar-refractivity contribution is 6.08. The number of nitrogens with one attached hydrogen (secondary N) is 1. The first-order chi connectivity index (χ1) is 11.5. The van der Waals surface area contributed by atoms with E-state index >= 15 is 0 Å². The summed E-state index contributed by atoms with van der Waals surface area (Å²) >= 11 is 0. The predicted molar refractivity (Wildman–Crippen MR) is 88.7 cm³/mol. The number of carboxylic acids is 1. The van der Waals surface area contributed by atoms with Gasteiger partial charge in [0.25, 0.3) is 5.91 Å². The van der Waals surface area contributed by atoms with Gasteiger partial charge in [0, 0.05) is 6.04 Å². The van der Waals surface area contributed by atoms with Crippen molar-refractivity contribution in [1.82, 2.24) is 4.90 Å². The van der Waals surface area contributed by atoms with Gasteiger partial charge in [0.15, 0.2) is 0 Å². The Labute approximate surface area is 140 Å². The van der Waals surface area contributed by atoms with Crippen molar-refractivity contribution in [2.45, 2.75) is 38.6 Å². The lowest BCUT2D eigenvalue weighted by Crippen LogP contribution is -2.46. The first-order valence-electron chi connectivity index (χ1n) is 8.40. The van der Waals surface area contributed by atoms with Gasteiger partial charge < -0.3 is 15.3 Å². The number of para-hydroxylation sites is 1. The molecule has 6 nitrogen and oxygen atoms in total. The molecule has 1 aromatic rings. The Balaban J connectivity index is 1.77. The molecule has 2 aliphatic rings. The van der Waals surface area contributed by atoms with Gasteiger partial charge >= 0.3 is 5.97 Å². The van der Waals surface area contributed by atoms with Gasteiger partial charge in [-0.15, -0.1) is 0 Å². The summed E-state index contributed by atoms with van der Waals surface area (Å²) in [6.07, 6.45) is 2.81. The maximum atomic E-state index is 12.9. The van der Waals surface area contributed by atoms with Gasteiger partial charge in [-0.2, -0.15) is 0 Å². The molecule has 2 N–H and O–H groups in total. The standard InChI is InChI=1S/C18H22N2O4/c1-11(12-6-8-13(9-7-12)18(23)24)20-10-16(21)19-15-5-3-2-4-14(15)17(20)22/h2-5,11-13H,6-10H2,1H3,(H,19,21)(H,23,24)/t11?,12-,13-. The highest BCUT2D eigenvalue weighted by Crippen LogP contribution is 2.34. The molecule has 0 bridgehead atoms. The van der Waals surface area contributed by atoms with Gasteiger partial charge in [-0.1, -0.05) is 12.1 Å². The van der Waals surface area contributed by atoms with E-state index in [1.165, 1.54) is 0 Å². The molecule has 1 heterocycles. The number of carbonyl (C=O) groups excluding carboxylic acids is 2. The average Bonchev–Trinajstić information content (AvgIpc) is 2.71. The van der Waals surface area contributed by atoms with Crippen LogP contribution >= 0.6 is 0 Å². The lowest BCUT2D eigenvalue weighted by atomic mass is 9.78. The van der Waals surface area contributed by atoms with Crippen molar-refractivity contribution in [2.75, 3.05) is 11.9 Å². The maximum absolute atomic E-state index is 12.9. The SMILES string of the molecule is CC([C@H]1CC[C@H](C(=O)O)CC1)N1CC(=O)Nc2ccccc2C1=O. The fourth-order valence-electron chi connectivity index (χ4n) is 3.78. The Kier molecular flexibility index (Phi) is 4.55. The Morgan fingerprint density at radius 2 is 1.88 bits per heavy atom. The van der Waals surface area contributed by atoms with Gasteiger partial charge in [-0.25, -0.2) is 0 Å². The number of nitrogens with zero attached hydrogens (tertiary/aromatic N) is 1. The number of benzene rings is 1. The van der Waals surface area contributed by atoms with Crippen molar-refractivity contribution in [3.8, 4) is 0 Å². The smallest absolute Gasteiger partial charge is 0.306 e. The van der Waals surface area contributed by atoms with E-state index in [1.807, 2.05) is 6.92 Å². The van der Waals surface area contributed by atoms with Crippen molar-refractivity contribution in [1.29, 1.82) is 0 Å². The Bertz CT molecular complexity index is 665. The van der Waals surface area contributed by atoms with E-state index in [0.29, 0.717) is 24.1 Å². The summed E-state index contributed by atoms with van der Waals surface area (Å²) < 4.78 is 0.